The summed E-state index contributed by atoms with van der Waals surface area (Å²) in [6, 6.07) is 10.6. The van der Waals surface area contributed by atoms with Crippen molar-refractivity contribution in [3.8, 4) is 0 Å². The normalized spacial score (nSPS) is 19.6. The molecule has 1 aliphatic heterocycles. The van der Waals surface area contributed by atoms with E-state index in [0.717, 1.165) is 12.0 Å². The van der Waals surface area contributed by atoms with Crippen LogP contribution < -0.4 is 5.32 Å². The molecule has 1 aromatic rings. The Morgan fingerprint density at radius 1 is 1.41 bits per heavy atom. The molecule has 1 aromatic carbocycles. The molecule has 1 atom stereocenters. The Morgan fingerprint density at radius 2 is 2.18 bits per heavy atom. The number of carbonyl (C=O) groups is 1. The Morgan fingerprint density at radius 3 is 2.76 bits per heavy atom. The van der Waals surface area contributed by atoms with E-state index in [4.69, 9.17) is 4.74 Å². The van der Waals surface area contributed by atoms with Crippen LogP contribution in [0, 0.1) is 0 Å². The lowest BCUT2D eigenvalue weighted by atomic mass is 9.98. The highest BCUT2D eigenvalue weighted by molar-refractivity contribution is 5.89. The van der Waals surface area contributed by atoms with Crippen LogP contribution in [0.5, 0.6) is 0 Å². The highest BCUT2D eigenvalue weighted by Crippen LogP contribution is 2.21. The van der Waals surface area contributed by atoms with Gasteiger partial charge in [-0.05, 0) is 18.9 Å². The highest BCUT2D eigenvalue weighted by Gasteiger charge is 2.19. The molecule has 0 fully saturated rings. The molecule has 0 radical (unpaired) electrons. The average Bonchev–Trinajstić information content (AvgIpc) is 2.40. The Labute approximate surface area is 101 Å². The first-order valence-electron chi connectivity index (χ1n) is 5.95. The zero-order valence-electron chi connectivity index (χ0n) is 9.98. The zero-order chi connectivity index (χ0) is 12.1. The summed E-state index contributed by atoms with van der Waals surface area (Å²) in [6.07, 6.45) is 2.81. The van der Waals surface area contributed by atoms with Gasteiger partial charge >= 0.3 is 5.97 Å². The van der Waals surface area contributed by atoms with E-state index in [2.05, 4.69) is 17.4 Å². The van der Waals surface area contributed by atoms with Crippen LogP contribution in [0.1, 0.15) is 24.9 Å². The van der Waals surface area contributed by atoms with Crippen LogP contribution in [0.3, 0.4) is 0 Å². The molecule has 3 nitrogen and oxygen atoms in total. The number of carbonyl (C=O) groups excluding carboxylic acids is 1. The molecule has 1 aliphatic rings. The van der Waals surface area contributed by atoms with Crippen LogP contribution >= 0.6 is 0 Å². The largest absolute Gasteiger partial charge is 0.463 e. The summed E-state index contributed by atoms with van der Waals surface area (Å²) < 4.78 is 4.98. The van der Waals surface area contributed by atoms with Gasteiger partial charge in [0.25, 0.3) is 0 Å². The van der Waals surface area contributed by atoms with Crippen molar-refractivity contribution in [3.63, 3.8) is 0 Å². The lowest BCUT2D eigenvalue weighted by Crippen LogP contribution is -2.30. The molecule has 1 heterocycles. The van der Waals surface area contributed by atoms with Gasteiger partial charge in [-0.25, -0.2) is 4.79 Å². The maximum atomic E-state index is 11.5. The third-order valence-electron chi connectivity index (χ3n) is 2.88. The van der Waals surface area contributed by atoms with E-state index < -0.39 is 0 Å². The lowest BCUT2D eigenvalue weighted by Gasteiger charge is -2.23. The molecule has 0 saturated heterocycles. The number of esters is 1. The summed E-state index contributed by atoms with van der Waals surface area (Å²) in [5, 5.41) is 3.36. The van der Waals surface area contributed by atoms with Crippen molar-refractivity contribution in [3.05, 3.63) is 47.5 Å². The summed E-state index contributed by atoms with van der Waals surface area (Å²) in [5.41, 5.74) is 1.99. The molecule has 0 unspecified atom stereocenters. The van der Waals surface area contributed by atoms with Crippen molar-refractivity contribution in [2.75, 3.05) is 13.2 Å². The number of benzene rings is 1. The van der Waals surface area contributed by atoms with Gasteiger partial charge in [0.05, 0.1) is 6.61 Å². The number of hydrogen-bond donors (Lipinski definition) is 1. The van der Waals surface area contributed by atoms with Crippen LogP contribution in [0.2, 0.25) is 0 Å². The fourth-order valence-electron chi connectivity index (χ4n) is 1.97. The van der Waals surface area contributed by atoms with E-state index in [0.29, 0.717) is 19.2 Å². The molecular formula is C14H17NO2. The van der Waals surface area contributed by atoms with Crippen LogP contribution in [-0.2, 0) is 9.53 Å². The van der Waals surface area contributed by atoms with Gasteiger partial charge in [0.1, 0.15) is 0 Å². The summed E-state index contributed by atoms with van der Waals surface area (Å²) in [6.45, 7) is 2.83. The zero-order valence-corrected chi connectivity index (χ0v) is 9.98. The third kappa shape index (κ3) is 2.94. The van der Waals surface area contributed by atoms with Gasteiger partial charge in [0.15, 0.2) is 0 Å². The van der Waals surface area contributed by atoms with Crippen molar-refractivity contribution >= 4 is 5.97 Å². The number of hydrogen-bond acceptors (Lipinski definition) is 3. The van der Waals surface area contributed by atoms with Crippen molar-refractivity contribution < 1.29 is 9.53 Å². The molecule has 0 bridgehead atoms. The van der Waals surface area contributed by atoms with Crippen molar-refractivity contribution in [2.45, 2.75) is 19.4 Å². The lowest BCUT2D eigenvalue weighted by molar-refractivity contribution is -0.138. The fraction of sp³-hybridized carbons (Fsp3) is 0.357. The van der Waals surface area contributed by atoms with Gasteiger partial charge in [0, 0.05) is 18.2 Å². The summed E-state index contributed by atoms with van der Waals surface area (Å²) in [7, 11) is 0. The van der Waals surface area contributed by atoms with Gasteiger partial charge in [0.2, 0.25) is 0 Å². The minimum absolute atomic E-state index is 0.202. The van der Waals surface area contributed by atoms with Crippen LogP contribution in [0.25, 0.3) is 0 Å². The maximum Gasteiger partial charge on any atom is 0.334 e. The summed E-state index contributed by atoms with van der Waals surface area (Å²) >= 11 is 0. The molecule has 0 amide bonds. The van der Waals surface area contributed by atoms with Gasteiger partial charge in [-0.1, -0.05) is 36.4 Å². The van der Waals surface area contributed by atoms with Crippen molar-refractivity contribution in [1.82, 2.24) is 5.32 Å². The van der Waals surface area contributed by atoms with E-state index >= 15 is 0 Å². The van der Waals surface area contributed by atoms with E-state index in [1.807, 2.05) is 31.2 Å². The highest BCUT2D eigenvalue weighted by atomic mass is 16.5. The minimum Gasteiger partial charge on any atom is -0.463 e. The van der Waals surface area contributed by atoms with Crippen molar-refractivity contribution in [2.24, 2.45) is 0 Å². The summed E-state index contributed by atoms with van der Waals surface area (Å²) in [5.74, 6) is -0.202. The van der Waals surface area contributed by atoms with E-state index in [-0.39, 0.29) is 5.97 Å². The van der Waals surface area contributed by atoms with E-state index in [1.54, 1.807) is 0 Å². The molecule has 0 saturated carbocycles. The number of ether oxygens (including phenoxy) is 1. The second-order valence-electron chi connectivity index (χ2n) is 4.03. The molecule has 90 valence electrons. The molecule has 2 rings (SSSR count). The predicted octanol–water partition coefficient (Wildman–Crippen LogP) is 2.21. The first kappa shape index (κ1) is 11.9. The van der Waals surface area contributed by atoms with Gasteiger partial charge in [-0.2, -0.15) is 0 Å². The van der Waals surface area contributed by atoms with Gasteiger partial charge in [-0.15, -0.1) is 0 Å². The smallest absolute Gasteiger partial charge is 0.334 e. The first-order chi connectivity index (χ1) is 8.31. The van der Waals surface area contributed by atoms with E-state index in [1.165, 1.54) is 5.56 Å². The molecule has 3 heteroatoms. The minimum atomic E-state index is -0.202. The van der Waals surface area contributed by atoms with Crippen LogP contribution in [0.4, 0.5) is 0 Å². The number of rotatable bonds is 3. The number of nitrogens with one attached hydrogen (secondary N) is 1. The Balaban J connectivity index is 2.00. The Bertz CT molecular complexity index is 411. The second-order valence-corrected chi connectivity index (χ2v) is 4.03. The predicted molar refractivity (Wildman–Crippen MR) is 66.5 cm³/mol. The topological polar surface area (TPSA) is 38.3 Å². The molecule has 1 N–H and O–H groups in total. The standard InChI is InChI=1S/C14H17NO2/c1-2-17-14(16)12-8-9-13(15-10-12)11-6-4-3-5-7-11/h3-8,13,15H,2,9-10H2,1H3/t13-/m0/s1. The molecular weight excluding hydrogens is 214 g/mol. The monoisotopic (exact) mass is 231 g/mol. The maximum absolute atomic E-state index is 11.5. The van der Waals surface area contributed by atoms with Crippen LogP contribution in [-0.4, -0.2) is 19.1 Å². The fourth-order valence-corrected chi connectivity index (χ4v) is 1.97. The van der Waals surface area contributed by atoms with Gasteiger partial charge < -0.3 is 10.1 Å². The quantitative estimate of drug-likeness (QED) is 0.810. The Kier molecular flexibility index (Phi) is 3.94. The second kappa shape index (κ2) is 5.64. The van der Waals surface area contributed by atoms with Crippen molar-refractivity contribution in [1.29, 1.82) is 0 Å². The van der Waals surface area contributed by atoms with Gasteiger partial charge in [-0.3, -0.25) is 0 Å². The first-order valence-corrected chi connectivity index (χ1v) is 5.95. The molecule has 0 spiro atoms. The Hall–Kier alpha value is -1.61. The van der Waals surface area contributed by atoms with Crippen LogP contribution in [0.15, 0.2) is 42.0 Å². The average molecular weight is 231 g/mol. The molecule has 0 aliphatic carbocycles. The molecule has 0 aromatic heterocycles. The summed E-state index contributed by atoms with van der Waals surface area (Å²) in [4.78, 5) is 11.5. The third-order valence-corrected chi connectivity index (χ3v) is 2.88. The molecule has 17 heavy (non-hydrogen) atoms. The SMILES string of the molecule is CCOC(=O)C1=CC[C@@H](c2ccccc2)NC1. The van der Waals surface area contributed by atoms with E-state index in [9.17, 15) is 4.79 Å².